The number of hydrogen-bond donors (Lipinski definition) is 1. The van der Waals surface area contributed by atoms with E-state index >= 15 is 0 Å². The summed E-state index contributed by atoms with van der Waals surface area (Å²) in [5.74, 6) is 0.362. The first-order valence-corrected chi connectivity index (χ1v) is 7.35. The highest BCUT2D eigenvalue weighted by Gasteiger charge is 2.16. The molecule has 2 N–H and O–H groups in total. The van der Waals surface area contributed by atoms with Crippen molar-refractivity contribution in [1.82, 2.24) is 4.57 Å². The lowest BCUT2D eigenvalue weighted by Crippen LogP contribution is -2.16. The van der Waals surface area contributed by atoms with Crippen LogP contribution in [0.25, 0.3) is 16.6 Å². The highest BCUT2D eigenvalue weighted by atomic mass is 19.1. The van der Waals surface area contributed by atoms with Crippen LogP contribution in [-0.2, 0) is 0 Å². The van der Waals surface area contributed by atoms with Crippen molar-refractivity contribution in [3.63, 3.8) is 0 Å². The third-order valence-corrected chi connectivity index (χ3v) is 3.72. The molecule has 4 nitrogen and oxygen atoms in total. The van der Waals surface area contributed by atoms with Crippen molar-refractivity contribution < 1.29 is 13.9 Å². The fourth-order valence-corrected chi connectivity index (χ4v) is 2.72. The molecule has 0 fully saturated rings. The number of rotatable bonds is 3. The second-order valence-electron chi connectivity index (χ2n) is 5.65. The first-order chi connectivity index (χ1) is 11.0. The van der Waals surface area contributed by atoms with Crippen LogP contribution in [0.5, 0.6) is 5.75 Å². The molecule has 0 saturated carbocycles. The lowest BCUT2D eigenvalue weighted by Gasteiger charge is -2.13. The summed E-state index contributed by atoms with van der Waals surface area (Å²) >= 11 is 0. The average molecular weight is 312 g/mol. The fraction of sp³-hybridized carbons (Fsp3) is 0.167. The Kier molecular flexibility index (Phi) is 3.78. The number of primary amides is 1. The van der Waals surface area contributed by atoms with Gasteiger partial charge < -0.3 is 15.0 Å². The molecule has 2 aromatic carbocycles. The minimum absolute atomic E-state index is 0.230. The third-order valence-electron chi connectivity index (χ3n) is 3.72. The topological polar surface area (TPSA) is 57.2 Å². The maximum Gasteiger partial charge on any atom is 0.409 e. The molecule has 0 aliphatic rings. The van der Waals surface area contributed by atoms with Crippen molar-refractivity contribution in [1.29, 1.82) is 0 Å². The molecule has 0 unspecified atom stereocenters. The van der Waals surface area contributed by atoms with Crippen molar-refractivity contribution in [3.05, 3.63) is 60.0 Å². The van der Waals surface area contributed by atoms with E-state index in [-0.39, 0.29) is 11.7 Å². The van der Waals surface area contributed by atoms with E-state index < -0.39 is 6.09 Å². The van der Waals surface area contributed by atoms with Crippen LogP contribution in [0.15, 0.2) is 48.5 Å². The number of carbonyl (C=O) groups excluding carboxylic acids is 1. The first kappa shape index (κ1) is 15.1. The van der Waals surface area contributed by atoms with Crippen LogP contribution in [0.1, 0.15) is 25.5 Å². The van der Waals surface area contributed by atoms with E-state index in [4.69, 9.17) is 10.5 Å². The molecule has 0 aliphatic heterocycles. The second-order valence-corrected chi connectivity index (χ2v) is 5.65. The van der Waals surface area contributed by atoms with Crippen LogP contribution in [0.3, 0.4) is 0 Å². The van der Waals surface area contributed by atoms with Crippen molar-refractivity contribution in [2.24, 2.45) is 5.73 Å². The van der Waals surface area contributed by atoms with E-state index in [0.29, 0.717) is 5.75 Å². The summed E-state index contributed by atoms with van der Waals surface area (Å²) in [6.45, 7) is 4.14. The van der Waals surface area contributed by atoms with Gasteiger partial charge in [-0.2, -0.15) is 0 Å². The molecule has 23 heavy (non-hydrogen) atoms. The Morgan fingerprint density at radius 3 is 2.48 bits per heavy atom. The van der Waals surface area contributed by atoms with E-state index in [1.807, 2.05) is 16.7 Å². The molecule has 0 atom stereocenters. The molecule has 1 heterocycles. The third kappa shape index (κ3) is 2.77. The van der Waals surface area contributed by atoms with Gasteiger partial charge in [-0.25, -0.2) is 9.18 Å². The highest BCUT2D eigenvalue weighted by molar-refractivity contribution is 5.91. The molecule has 3 aromatic rings. The van der Waals surface area contributed by atoms with Crippen LogP contribution in [0, 0.1) is 5.82 Å². The molecule has 1 aromatic heterocycles. The normalized spacial score (nSPS) is 11.1. The van der Waals surface area contributed by atoms with E-state index in [0.717, 1.165) is 22.3 Å². The number of benzene rings is 2. The summed E-state index contributed by atoms with van der Waals surface area (Å²) in [4.78, 5) is 11.1. The highest BCUT2D eigenvalue weighted by Crippen LogP contribution is 2.34. The van der Waals surface area contributed by atoms with E-state index in [1.165, 1.54) is 12.1 Å². The van der Waals surface area contributed by atoms with Gasteiger partial charge in [0.15, 0.2) is 0 Å². The number of aromatic nitrogens is 1. The Bertz CT molecular complexity index is 867. The number of amides is 1. The van der Waals surface area contributed by atoms with Crippen molar-refractivity contribution >= 4 is 17.0 Å². The smallest absolute Gasteiger partial charge is 0.409 e. The van der Waals surface area contributed by atoms with Gasteiger partial charge in [-0.1, -0.05) is 19.9 Å². The number of carbonyl (C=O) groups is 1. The van der Waals surface area contributed by atoms with Crippen molar-refractivity contribution in [2.45, 2.75) is 19.8 Å². The quantitative estimate of drug-likeness (QED) is 0.781. The summed E-state index contributed by atoms with van der Waals surface area (Å²) in [5.41, 5.74) is 7.90. The van der Waals surface area contributed by atoms with Gasteiger partial charge in [0.05, 0.1) is 5.52 Å². The molecular weight excluding hydrogens is 295 g/mol. The Balaban J connectivity index is 2.28. The molecule has 0 bridgehead atoms. The number of hydrogen-bond acceptors (Lipinski definition) is 2. The monoisotopic (exact) mass is 312 g/mol. The Morgan fingerprint density at radius 1 is 1.17 bits per heavy atom. The molecule has 118 valence electrons. The summed E-state index contributed by atoms with van der Waals surface area (Å²) in [7, 11) is 0. The van der Waals surface area contributed by atoms with Crippen molar-refractivity contribution in [2.75, 3.05) is 0 Å². The summed E-state index contributed by atoms with van der Waals surface area (Å²) in [5, 5.41) is 0.791. The van der Waals surface area contributed by atoms with Crippen molar-refractivity contribution in [3.8, 4) is 11.4 Å². The van der Waals surface area contributed by atoms with Gasteiger partial charge in [-0.05, 0) is 48.4 Å². The minimum atomic E-state index is -0.849. The molecule has 3 rings (SSSR count). The zero-order valence-corrected chi connectivity index (χ0v) is 12.9. The molecule has 0 spiro atoms. The number of nitrogens with zero attached hydrogens (tertiary/aromatic N) is 1. The first-order valence-electron chi connectivity index (χ1n) is 7.35. The van der Waals surface area contributed by atoms with E-state index in [1.54, 1.807) is 24.3 Å². The molecule has 0 aliphatic carbocycles. The standard InChI is InChI=1S/C18H17FN2O2/c1-11(2)16-10-14-15(4-3-5-17(14)23-18(20)22)21(16)13-8-6-12(19)7-9-13/h3-11H,1-2H3,(H2,20,22). The Labute approximate surface area is 133 Å². The molecule has 0 radical (unpaired) electrons. The zero-order chi connectivity index (χ0) is 16.6. The molecular formula is C18H17FN2O2. The number of halogens is 1. The van der Waals surface area contributed by atoms with E-state index in [9.17, 15) is 9.18 Å². The van der Waals surface area contributed by atoms with E-state index in [2.05, 4.69) is 13.8 Å². The summed E-state index contributed by atoms with van der Waals surface area (Å²) in [6.07, 6.45) is -0.849. The minimum Gasteiger partial charge on any atom is -0.410 e. The maximum atomic E-state index is 13.2. The molecule has 0 saturated heterocycles. The van der Waals surface area contributed by atoms with Gasteiger partial charge in [0, 0.05) is 16.8 Å². The zero-order valence-electron chi connectivity index (χ0n) is 12.9. The average Bonchev–Trinajstić information content (AvgIpc) is 2.88. The van der Waals surface area contributed by atoms with Gasteiger partial charge in [0.2, 0.25) is 0 Å². The Hall–Kier alpha value is -2.82. The van der Waals surface area contributed by atoms with Crippen LogP contribution in [-0.4, -0.2) is 10.7 Å². The van der Waals surface area contributed by atoms with Crippen LogP contribution < -0.4 is 10.5 Å². The van der Waals surface area contributed by atoms with Gasteiger partial charge in [0.25, 0.3) is 0 Å². The summed E-state index contributed by atoms with van der Waals surface area (Å²) < 4.78 is 20.4. The largest absolute Gasteiger partial charge is 0.410 e. The number of nitrogens with two attached hydrogens (primary N) is 1. The predicted octanol–water partition coefficient (Wildman–Crippen LogP) is 4.35. The predicted molar refractivity (Wildman–Crippen MR) is 87.5 cm³/mol. The van der Waals surface area contributed by atoms with Gasteiger partial charge >= 0.3 is 6.09 Å². The van der Waals surface area contributed by atoms with Crippen LogP contribution in [0.4, 0.5) is 9.18 Å². The van der Waals surface area contributed by atoms with Crippen LogP contribution >= 0.6 is 0 Å². The lowest BCUT2D eigenvalue weighted by atomic mass is 10.1. The molecule has 5 heteroatoms. The lowest BCUT2D eigenvalue weighted by molar-refractivity contribution is 0.211. The Morgan fingerprint density at radius 2 is 1.87 bits per heavy atom. The number of ether oxygens (including phenoxy) is 1. The second kappa shape index (κ2) is 5.76. The fourth-order valence-electron chi connectivity index (χ4n) is 2.72. The molecule has 1 amide bonds. The van der Waals surface area contributed by atoms with Crippen LogP contribution in [0.2, 0.25) is 0 Å². The number of fused-ring (bicyclic) bond motifs is 1. The van der Waals surface area contributed by atoms with Gasteiger partial charge in [-0.3, -0.25) is 0 Å². The van der Waals surface area contributed by atoms with Gasteiger partial charge in [0.1, 0.15) is 11.6 Å². The maximum absolute atomic E-state index is 13.2. The SMILES string of the molecule is CC(C)c1cc2c(OC(N)=O)cccc2n1-c1ccc(F)cc1. The summed E-state index contributed by atoms with van der Waals surface area (Å²) in [6, 6.07) is 13.7. The van der Waals surface area contributed by atoms with Gasteiger partial charge in [-0.15, -0.1) is 0 Å².